The van der Waals surface area contributed by atoms with E-state index in [2.05, 4.69) is 35.1 Å². The van der Waals surface area contributed by atoms with Crippen LogP contribution in [-0.2, 0) is 12.7 Å². The molecule has 2 aromatic rings. The minimum Gasteiger partial charge on any atom is -0.403 e. The number of allylic oxidation sites excluding steroid dienone is 1. The summed E-state index contributed by atoms with van der Waals surface area (Å²) in [7, 11) is 0. The Balaban J connectivity index is 1.73. The first-order valence-electron chi connectivity index (χ1n) is 9.22. The van der Waals surface area contributed by atoms with Gasteiger partial charge in [0.1, 0.15) is 11.4 Å². The van der Waals surface area contributed by atoms with Crippen molar-refractivity contribution in [2.75, 3.05) is 23.7 Å². The number of nitrogens with one attached hydrogen (secondary N) is 2. The van der Waals surface area contributed by atoms with Crippen molar-refractivity contribution >= 4 is 17.5 Å². The summed E-state index contributed by atoms with van der Waals surface area (Å²) in [5, 5.41) is 5.47. The smallest absolute Gasteiger partial charge is 0.403 e. The second-order valence-electron chi connectivity index (χ2n) is 6.61. The lowest BCUT2D eigenvalue weighted by molar-refractivity contribution is -0.137. The number of anilines is 2. The molecule has 2 aromatic heterocycles. The van der Waals surface area contributed by atoms with Gasteiger partial charge in [0.25, 0.3) is 0 Å². The molecule has 0 spiro atoms. The number of aromatic nitrogens is 4. The molecule has 0 bridgehead atoms. The van der Waals surface area contributed by atoms with Gasteiger partial charge in [0.2, 0.25) is 5.95 Å². The van der Waals surface area contributed by atoms with Crippen molar-refractivity contribution in [2.24, 2.45) is 10.7 Å². The van der Waals surface area contributed by atoms with Crippen molar-refractivity contribution in [3.63, 3.8) is 0 Å². The van der Waals surface area contributed by atoms with Crippen LogP contribution >= 0.6 is 0 Å². The van der Waals surface area contributed by atoms with Gasteiger partial charge in [-0.15, -0.1) is 0 Å². The van der Waals surface area contributed by atoms with Crippen molar-refractivity contribution < 1.29 is 13.2 Å². The number of halogens is 3. The fraction of sp³-hybridized carbons (Fsp3) is 0.444. The largest absolute Gasteiger partial charge is 0.421 e. The highest BCUT2D eigenvalue weighted by Crippen LogP contribution is 2.34. The molecule has 29 heavy (non-hydrogen) atoms. The highest BCUT2D eigenvalue weighted by atomic mass is 19.4. The lowest BCUT2D eigenvalue weighted by atomic mass is 10.1. The number of hydrogen-bond donors (Lipinski definition) is 3. The van der Waals surface area contributed by atoms with Gasteiger partial charge in [0, 0.05) is 49.8 Å². The molecule has 3 rings (SSSR count). The number of alkyl halides is 3. The van der Waals surface area contributed by atoms with Gasteiger partial charge >= 0.3 is 6.18 Å². The van der Waals surface area contributed by atoms with Gasteiger partial charge in [0.15, 0.2) is 0 Å². The molecule has 0 aromatic carbocycles. The third kappa shape index (κ3) is 4.66. The van der Waals surface area contributed by atoms with Gasteiger partial charge in [-0.3, -0.25) is 4.99 Å². The molecule has 1 aliphatic heterocycles. The zero-order valence-electron chi connectivity index (χ0n) is 16.2. The molecule has 0 fully saturated rings. The molecule has 0 saturated heterocycles. The Bertz CT molecular complexity index is 916. The summed E-state index contributed by atoms with van der Waals surface area (Å²) < 4.78 is 41.4. The number of fused-ring (bicyclic) bond motifs is 1. The first-order valence-corrected chi connectivity index (χ1v) is 9.22. The molecule has 3 heterocycles. The molecule has 0 amide bonds. The first-order chi connectivity index (χ1) is 13.8. The van der Waals surface area contributed by atoms with E-state index in [1.807, 2.05) is 12.5 Å². The van der Waals surface area contributed by atoms with Crippen molar-refractivity contribution in [1.29, 1.82) is 0 Å². The molecule has 8 nitrogen and oxygen atoms in total. The van der Waals surface area contributed by atoms with E-state index in [9.17, 15) is 13.2 Å². The zero-order valence-corrected chi connectivity index (χ0v) is 16.2. The summed E-state index contributed by atoms with van der Waals surface area (Å²) in [6.07, 6.45) is 2.13. The van der Waals surface area contributed by atoms with Crippen molar-refractivity contribution in [2.45, 2.75) is 38.9 Å². The third-order valence-corrected chi connectivity index (χ3v) is 4.67. The fourth-order valence-electron chi connectivity index (χ4n) is 3.14. The van der Waals surface area contributed by atoms with Gasteiger partial charge in [-0.1, -0.05) is 0 Å². The standard InChI is InChI=1S/C18H23F3N8/c1-3-24-16-13(18(19,20)21)8-26-17(28-16)27-14(6-22)11(2)25-7-12-4-5-29-10-23-9-15(12)29/h6,8-10,12H,3-5,7,22H2,1-2H3,(H2,24,26,27,28)/b14-6+,25-11-/t12-/m1/s1. The SMILES string of the molecule is CCNc1nc(NC(=C/N)/C(C)=N\C[C@H]2CCn3cncc32)ncc1C(F)(F)F. The number of nitrogens with zero attached hydrogens (tertiary/aromatic N) is 5. The van der Waals surface area contributed by atoms with Crippen LogP contribution in [0.25, 0.3) is 0 Å². The molecule has 4 N–H and O–H groups in total. The normalized spacial score (nSPS) is 17.3. The zero-order chi connectivity index (χ0) is 21.0. The Morgan fingerprint density at radius 2 is 2.21 bits per heavy atom. The minimum atomic E-state index is -4.55. The summed E-state index contributed by atoms with van der Waals surface area (Å²) in [4.78, 5) is 16.4. The second-order valence-corrected chi connectivity index (χ2v) is 6.61. The summed E-state index contributed by atoms with van der Waals surface area (Å²) in [6, 6.07) is 0. The molecular weight excluding hydrogens is 385 g/mol. The molecule has 1 aliphatic rings. The van der Waals surface area contributed by atoms with Crippen molar-refractivity contribution in [1.82, 2.24) is 19.5 Å². The second kappa shape index (κ2) is 8.50. The molecule has 0 saturated carbocycles. The van der Waals surface area contributed by atoms with E-state index < -0.39 is 11.7 Å². The van der Waals surface area contributed by atoms with E-state index >= 15 is 0 Å². The van der Waals surface area contributed by atoms with Crippen LogP contribution in [0.4, 0.5) is 24.9 Å². The molecule has 0 unspecified atom stereocenters. The van der Waals surface area contributed by atoms with Crippen LogP contribution in [0.15, 0.2) is 35.6 Å². The highest BCUT2D eigenvalue weighted by molar-refractivity contribution is 6.00. The molecule has 156 valence electrons. The van der Waals surface area contributed by atoms with E-state index in [1.165, 1.54) is 6.20 Å². The van der Waals surface area contributed by atoms with Gasteiger partial charge in [-0.05, 0) is 20.3 Å². The summed E-state index contributed by atoms with van der Waals surface area (Å²) in [6.45, 7) is 5.23. The monoisotopic (exact) mass is 408 g/mol. The first kappa shape index (κ1) is 20.6. The predicted octanol–water partition coefficient (Wildman–Crippen LogP) is 2.98. The Hall–Kier alpha value is -3.11. The van der Waals surface area contributed by atoms with Crippen LogP contribution in [0.3, 0.4) is 0 Å². The lowest BCUT2D eigenvalue weighted by Gasteiger charge is -2.15. The van der Waals surface area contributed by atoms with E-state index in [-0.39, 0.29) is 24.2 Å². The van der Waals surface area contributed by atoms with Crippen molar-refractivity contribution in [3.8, 4) is 0 Å². The summed E-state index contributed by atoms with van der Waals surface area (Å²) in [5.74, 6) is -0.0176. The minimum absolute atomic E-state index is 0.000794. The Morgan fingerprint density at radius 3 is 2.90 bits per heavy atom. The molecule has 11 heteroatoms. The Labute approximate surface area is 166 Å². The Morgan fingerprint density at radius 1 is 1.41 bits per heavy atom. The van der Waals surface area contributed by atoms with Crippen LogP contribution in [0.5, 0.6) is 0 Å². The molecule has 0 aliphatic carbocycles. The average molecular weight is 408 g/mol. The van der Waals surface area contributed by atoms with Gasteiger partial charge in [-0.25, -0.2) is 9.97 Å². The lowest BCUT2D eigenvalue weighted by Crippen LogP contribution is -2.17. The highest BCUT2D eigenvalue weighted by Gasteiger charge is 2.35. The molecular formula is C18H23F3N8. The molecule has 1 atom stereocenters. The van der Waals surface area contributed by atoms with Gasteiger partial charge < -0.3 is 20.9 Å². The summed E-state index contributed by atoms with van der Waals surface area (Å²) >= 11 is 0. The predicted molar refractivity (Wildman–Crippen MR) is 105 cm³/mol. The van der Waals surface area contributed by atoms with Crippen LogP contribution < -0.4 is 16.4 Å². The maximum absolute atomic E-state index is 13.1. The van der Waals surface area contributed by atoms with Gasteiger partial charge in [-0.2, -0.15) is 18.2 Å². The Kier molecular flexibility index (Phi) is 6.04. The quantitative estimate of drug-likeness (QED) is 0.608. The van der Waals surface area contributed by atoms with Crippen LogP contribution in [-0.4, -0.2) is 38.3 Å². The van der Waals surface area contributed by atoms with E-state index in [4.69, 9.17) is 5.73 Å². The average Bonchev–Trinajstić information content (AvgIpc) is 3.28. The number of imidazole rings is 1. The maximum atomic E-state index is 13.1. The number of aryl methyl sites for hydroxylation is 1. The van der Waals surface area contributed by atoms with Crippen molar-refractivity contribution in [3.05, 3.63) is 41.9 Å². The number of rotatable bonds is 7. The number of hydrogen-bond acceptors (Lipinski definition) is 7. The van der Waals surface area contributed by atoms with Crippen LogP contribution in [0, 0.1) is 0 Å². The van der Waals surface area contributed by atoms with Crippen LogP contribution in [0.1, 0.15) is 37.4 Å². The van der Waals surface area contributed by atoms with Gasteiger partial charge in [0.05, 0.1) is 17.7 Å². The van der Waals surface area contributed by atoms with E-state index in [1.54, 1.807) is 13.8 Å². The molecule has 0 radical (unpaired) electrons. The van der Waals surface area contributed by atoms with E-state index in [0.29, 0.717) is 18.0 Å². The fourth-order valence-corrected chi connectivity index (χ4v) is 3.14. The number of nitrogens with two attached hydrogens (primary N) is 1. The topological polar surface area (TPSA) is 106 Å². The maximum Gasteiger partial charge on any atom is 0.421 e. The summed E-state index contributed by atoms with van der Waals surface area (Å²) in [5.41, 5.74) is 6.95. The van der Waals surface area contributed by atoms with E-state index in [0.717, 1.165) is 24.9 Å². The third-order valence-electron chi connectivity index (χ3n) is 4.67. The number of aliphatic imine (C=N–C) groups is 1. The van der Waals surface area contributed by atoms with Crippen LogP contribution in [0.2, 0.25) is 0 Å².